The quantitative estimate of drug-likeness (QED) is 0.223. The van der Waals surface area contributed by atoms with Gasteiger partial charge in [-0.3, -0.25) is 4.68 Å². The van der Waals surface area contributed by atoms with Gasteiger partial charge in [0.05, 0.1) is 6.20 Å². The number of hydrogen-bond donors (Lipinski definition) is 1. The Balaban J connectivity index is 1.13. The number of nitrogens with one attached hydrogen (secondary N) is 1. The van der Waals surface area contributed by atoms with E-state index in [1.165, 1.54) is 16.7 Å². The molecule has 7 heteroatoms. The topological polar surface area (TPSA) is 76.0 Å². The number of H-pyrrole nitrogens is 1. The van der Waals surface area contributed by atoms with Gasteiger partial charge in [-0.15, -0.1) is 0 Å². The largest absolute Gasteiger partial charge is 0.444 e. The number of piperidine rings is 1. The van der Waals surface area contributed by atoms with Crippen molar-refractivity contribution in [2.75, 3.05) is 13.1 Å². The van der Waals surface area contributed by atoms with Gasteiger partial charge in [0, 0.05) is 60.3 Å². The molecule has 0 unspecified atom stereocenters. The number of hydrogen-bond acceptors (Lipinski definition) is 4. The highest BCUT2D eigenvalue weighted by Crippen LogP contribution is 2.32. The number of amides is 1. The van der Waals surface area contributed by atoms with Crippen LogP contribution in [-0.2, 0) is 24.1 Å². The first-order chi connectivity index (χ1) is 20.3. The Labute approximate surface area is 247 Å². The van der Waals surface area contributed by atoms with E-state index in [0.717, 1.165) is 73.0 Å². The first-order valence-corrected chi connectivity index (χ1v) is 14.9. The Kier molecular flexibility index (Phi) is 7.83. The molecule has 3 aromatic heterocycles. The first kappa shape index (κ1) is 27.8. The molecule has 0 atom stereocenters. The van der Waals surface area contributed by atoms with Crippen LogP contribution in [0.3, 0.4) is 0 Å². The number of likely N-dealkylation sites (tertiary alicyclic amines) is 1. The van der Waals surface area contributed by atoms with Gasteiger partial charge in [0.2, 0.25) is 0 Å². The zero-order valence-electron chi connectivity index (χ0n) is 24.7. The Morgan fingerprint density at radius 1 is 0.952 bits per heavy atom. The highest BCUT2D eigenvalue weighted by atomic mass is 16.6. The van der Waals surface area contributed by atoms with Gasteiger partial charge in [-0.1, -0.05) is 54.6 Å². The second-order valence-electron chi connectivity index (χ2n) is 12.4. The second-order valence-corrected chi connectivity index (χ2v) is 12.4. The van der Waals surface area contributed by atoms with E-state index in [1.807, 2.05) is 55.0 Å². The predicted octanol–water partition coefficient (Wildman–Crippen LogP) is 7.53. The molecule has 0 aliphatic carbocycles. The summed E-state index contributed by atoms with van der Waals surface area (Å²) in [6, 6.07) is 21.5. The third kappa shape index (κ3) is 6.56. The third-order valence-electron chi connectivity index (χ3n) is 8.00. The lowest BCUT2D eigenvalue weighted by Gasteiger charge is -2.33. The van der Waals surface area contributed by atoms with Crippen molar-refractivity contribution in [2.45, 2.75) is 58.6 Å². The van der Waals surface area contributed by atoms with Gasteiger partial charge < -0.3 is 14.6 Å². The molecule has 0 radical (unpaired) electrons. The zero-order chi connectivity index (χ0) is 29.1. The van der Waals surface area contributed by atoms with Crippen molar-refractivity contribution in [1.82, 2.24) is 24.6 Å². The van der Waals surface area contributed by atoms with Crippen LogP contribution in [0.2, 0.25) is 0 Å². The number of nitrogens with zero attached hydrogens (tertiary/aromatic N) is 4. The van der Waals surface area contributed by atoms with Gasteiger partial charge in [0.1, 0.15) is 11.2 Å². The molecule has 1 fully saturated rings. The lowest BCUT2D eigenvalue weighted by atomic mass is 9.89. The van der Waals surface area contributed by atoms with Crippen molar-refractivity contribution in [3.8, 4) is 22.3 Å². The second kappa shape index (κ2) is 11.8. The fourth-order valence-corrected chi connectivity index (χ4v) is 5.77. The summed E-state index contributed by atoms with van der Waals surface area (Å²) < 4.78 is 7.57. The monoisotopic (exact) mass is 561 g/mol. The van der Waals surface area contributed by atoms with E-state index in [1.54, 1.807) is 0 Å². The van der Waals surface area contributed by atoms with Gasteiger partial charge in [-0.05, 0) is 75.1 Å². The molecule has 5 aromatic rings. The van der Waals surface area contributed by atoms with E-state index in [9.17, 15) is 4.79 Å². The molecule has 1 saturated heterocycles. The number of rotatable bonds is 7. The summed E-state index contributed by atoms with van der Waals surface area (Å²) in [5.74, 6) is 0.550. The molecule has 4 heterocycles. The summed E-state index contributed by atoms with van der Waals surface area (Å²) in [7, 11) is 0. The van der Waals surface area contributed by atoms with Crippen molar-refractivity contribution in [3.05, 3.63) is 96.6 Å². The van der Waals surface area contributed by atoms with Gasteiger partial charge in [0.15, 0.2) is 0 Å². The SMILES string of the molecule is CC(C)(C)OC(=O)N1CCC(Cc2cccc(-c3cnc4[nH]cc(-c5cnn(CCc6ccccc6)c5)c4c3)c2)CC1. The first-order valence-electron chi connectivity index (χ1n) is 14.9. The van der Waals surface area contributed by atoms with Crippen LogP contribution in [0.25, 0.3) is 33.3 Å². The summed E-state index contributed by atoms with van der Waals surface area (Å²) in [5.41, 5.74) is 7.50. The Morgan fingerprint density at radius 3 is 2.52 bits per heavy atom. The molecule has 6 rings (SSSR count). The molecule has 1 amide bonds. The number of aromatic nitrogens is 4. The van der Waals surface area contributed by atoms with Crippen LogP contribution < -0.4 is 0 Å². The zero-order valence-corrected chi connectivity index (χ0v) is 24.7. The van der Waals surface area contributed by atoms with Crippen molar-refractivity contribution < 1.29 is 9.53 Å². The summed E-state index contributed by atoms with van der Waals surface area (Å²) in [4.78, 5) is 22.4. The molecule has 0 saturated carbocycles. The normalized spacial score (nSPS) is 14.4. The molecule has 0 bridgehead atoms. The van der Waals surface area contributed by atoms with Crippen LogP contribution in [0.1, 0.15) is 44.7 Å². The highest BCUT2D eigenvalue weighted by molar-refractivity contribution is 5.95. The van der Waals surface area contributed by atoms with E-state index in [4.69, 9.17) is 9.72 Å². The number of fused-ring (bicyclic) bond motifs is 1. The van der Waals surface area contributed by atoms with Crippen LogP contribution in [-0.4, -0.2) is 49.4 Å². The fraction of sp³-hybridized carbons (Fsp3) is 0.343. The predicted molar refractivity (Wildman–Crippen MR) is 167 cm³/mol. The fourth-order valence-electron chi connectivity index (χ4n) is 5.77. The number of aryl methyl sites for hydroxylation is 2. The van der Waals surface area contributed by atoms with Crippen molar-refractivity contribution in [2.24, 2.45) is 5.92 Å². The van der Waals surface area contributed by atoms with Gasteiger partial charge in [-0.2, -0.15) is 5.10 Å². The number of benzene rings is 2. The number of aromatic amines is 1. The highest BCUT2D eigenvalue weighted by Gasteiger charge is 2.27. The Hall–Kier alpha value is -4.39. The van der Waals surface area contributed by atoms with Crippen molar-refractivity contribution in [3.63, 3.8) is 0 Å². The minimum atomic E-state index is -0.460. The summed E-state index contributed by atoms with van der Waals surface area (Å²) in [6.07, 6.45) is 11.8. The molecule has 1 N–H and O–H groups in total. The van der Waals surface area contributed by atoms with E-state index >= 15 is 0 Å². The Bertz CT molecular complexity index is 1660. The van der Waals surface area contributed by atoms with Crippen LogP contribution in [0.4, 0.5) is 4.79 Å². The number of carbonyl (C=O) groups excluding carboxylic acids is 1. The number of carbonyl (C=O) groups is 1. The maximum Gasteiger partial charge on any atom is 0.410 e. The maximum absolute atomic E-state index is 12.4. The lowest BCUT2D eigenvalue weighted by Crippen LogP contribution is -2.42. The standard InChI is InChI=1S/C35H39N5O2/c1-35(2,3)42-34(41)39-15-12-26(13-16-39)18-27-10-7-11-28(19-27)29-20-31-32(23-37-33(31)36-21-29)30-22-38-40(24-30)17-14-25-8-5-4-6-9-25/h4-11,19-24,26H,12-18H2,1-3H3,(H,36,37). The number of pyridine rings is 1. The van der Waals surface area contributed by atoms with Crippen LogP contribution >= 0.6 is 0 Å². The van der Waals surface area contributed by atoms with Crippen molar-refractivity contribution >= 4 is 17.1 Å². The molecular formula is C35H39N5O2. The smallest absolute Gasteiger partial charge is 0.410 e. The van der Waals surface area contributed by atoms with E-state index in [2.05, 4.69) is 70.9 Å². The molecule has 2 aromatic carbocycles. The lowest BCUT2D eigenvalue weighted by molar-refractivity contribution is 0.0184. The Morgan fingerprint density at radius 2 is 1.74 bits per heavy atom. The van der Waals surface area contributed by atoms with Crippen LogP contribution in [0.5, 0.6) is 0 Å². The van der Waals surface area contributed by atoms with E-state index in [-0.39, 0.29) is 6.09 Å². The maximum atomic E-state index is 12.4. The van der Waals surface area contributed by atoms with Gasteiger partial charge in [-0.25, -0.2) is 9.78 Å². The van der Waals surface area contributed by atoms with E-state index < -0.39 is 5.60 Å². The minimum absolute atomic E-state index is 0.200. The van der Waals surface area contributed by atoms with Crippen LogP contribution in [0.15, 0.2) is 85.5 Å². The number of ether oxygens (including phenoxy) is 1. The molecular weight excluding hydrogens is 522 g/mol. The summed E-state index contributed by atoms with van der Waals surface area (Å²) in [6.45, 7) is 8.07. The minimum Gasteiger partial charge on any atom is -0.444 e. The molecule has 42 heavy (non-hydrogen) atoms. The van der Waals surface area contributed by atoms with E-state index in [0.29, 0.717) is 5.92 Å². The molecule has 216 valence electrons. The molecule has 7 nitrogen and oxygen atoms in total. The van der Waals surface area contributed by atoms with Gasteiger partial charge >= 0.3 is 6.09 Å². The van der Waals surface area contributed by atoms with Gasteiger partial charge in [0.25, 0.3) is 0 Å². The summed E-state index contributed by atoms with van der Waals surface area (Å²) >= 11 is 0. The molecule has 1 aliphatic heterocycles. The summed E-state index contributed by atoms with van der Waals surface area (Å²) in [5, 5.41) is 5.72. The van der Waals surface area contributed by atoms with Crippen LogP contribution in [0, 0.1) is 5.92 Å². The van der Waals surface area contributed by atoms with Crippen molar-refractivity contribution in [1.29, 1.82) is 0 Å². The molecule has 0 spiro atoms. The third-order valence-corrected chi connectivity index (χ3v) is 8.00. The average molecular weight is 562 g/mol. The molecule has 1 aliphatic rings. The average Bonchev–Trinajstić information content (AvgIpc) is 3.63.